The standard InChI is InChI=1S/C22H26Cl3N7O2/c1-2-13(10-33)28-21-27-9-17-20(31-21)32(14-5-3-11(4-6-14)19(26)34)22(29-17)30-18-15(24)7-12(23)8-16(18)25/h7-9,11,13-14,33H,2-6,10H2,1H3,(H2,26,34)(H,29,30)(H,27,28,31)/t11-,13-,14-/m1/s1. The normalized spacial score (nSPS) is 19.2. The Bertz CT molecular complexity index is 1170. The molecule has 182 valence electrons. The van der Waals surface area contributed by atoms with Crippen LogP contribution in [0.15, 0.2) is 18.3 Å². The van der Waals surface area contributed by atoms with Gasteiger partial charge < -0.3 is 21.5 Å². The van der Waals surface area contributed by atoms with Crippen LogP contribution in [-0.4, -0.2) is 43.2 Å². The van der Waals surface area contributed by atoms with Crippen molar-refractivity contribution in [3.8, 4) is 0 Å². The molecule has 1 fully saturated rings. The number of nitrogens with one attached hydrogen (secondary N) is 2. The number of carbonyl (C=O) groups excluding carboxylic acids is 1. The van der Waals surface area contributed by atoms with Gasteiger partial charge in [0, 0.05) is 17.0 Å². The Morgan fingerprint density at radius 1 is 1.21 bits per heavy atom. The van der Waals surface area contributed by atoms with Crippen LogP contribution in [0.5, 0.6) is 0 Å². The molecule has 2 aromatic heterocycles. The van der Waals surface area contributed by atoms with Crippen LogP contribution in [0.3, 0.4) is 0 Å². The number of fused-ring (bicyclic) bond motifs is 1. The summed E-state index contributed by atoms with van der Waals surface area (Å²) in [6.45, 7) is 1.93. The smallest absolute Gasteiger partial charge is 0.225 e. The molecule has 0 saturated heterocycles. The molecule has 1 aromatic carbocycles. The number of aliphatic hydroxyl groups is 1. The van der Waals surface area contributed by atoms with E-state index in [9.17, 15) is 9.90 Å². The number of anilines is 3. The fourth-order valence-corrected chi connectivity index (χ4v) is 5.16. The number of aromatic nitrogens is 4. The third kappa shape index (κ3) is 5.17. The summed E-state index contributed by atoms with van der Waals surface area (Å²) >= 11 is 18.9. The average molecular weight is 527 g/mol. The van der Waals surface area contributed by atoms with E-state index in [0.29, 0.717) is 63.1 Å². The summed E-state index contributed by atoms with van der Waals surface area (Å²) in [5.74, 6) is 0.499. The van der Waals surface area contributed by atoms with E-state index in [0.717, 1.165) is 12.8 Å². The quantitative estimate of drug-likeness (QED) is 0.327. The number of nitrogens with two attached hydrogens (primary N) is 1. The number of amides is 1. The molecule has 34 heavy (non-hydrogen) atoms. The summed E-state index contributed by atoms with van der Waals surface area (Å²) in [6.07, 6.45) is 5.18. The monoisotopic (exact) mass is 525 g/mol. The van der Waals surface area contributed by atoms with Crippen LogP contribution in [0.1, 0.15) is 45.1 Å². The fraction of sp³-hybridized carbons (Fsp3) is 0.455. The number of rotatable bonds is 8. The van der Waals surface area contributed by atoms with Gasteiger partial charge in [-0.3, -0.25) is 9.36 Å². The summed E-state index contributed by atoms with van der Waals surface area (Å²) in [5, 5.41) is 17.1. The van der Waals surface area contributed by atoms with Gasteiger partial charge in [0.2, 0.25) is 17.8 Å². The minimum absolute atomic E-state index is 0.0236. The molecular weight excluding hydrogens is 501 g/mol. The number of halogens is 3. The lowest BCUT2D eigenvalue weighted by Gasteiger charge is -2.29. The van der Waals surface area contributed by atoms with Crippen molar-refractivity contribution in [1.82, 2.24) is 19.5 Å². The third-order valence-electron chi connectivity index (χ3n) is 6.19. The van der Waals surface area contributed by atoms with Gasteiger partial charge in [-0.05, 0) is 44.2 Å². The van der Waals surface area contributed by atoms with Crippen molar-refractivity contribution in [2.24, 2.45) is 11.7 Å². The first-order valence-corrected chi connectivity index (χ1v) is 12.3. The van der Waals surface area contributed by atoms with Gasteiger partial charge in [0.1, 0.15) is 5.52 Å². The van der Waals surface area contributed by atoms with E-state index in [2.05, 4.69) is 15.6 Å². The first-order chi connectivity index (χ1) is 16.3. The Morgan fingerprint density at radius 3 is 2.47 bits per heavy atom. The van der Waals surface area contributed by atoms with Crippen LogP contribution in [0.2, 0.25) is 15.1 Å². The lowest BCUT2D eigenvalue weighted by Crippen LogP contribution is -2.29. The second kappa shape index (κ2) is 10.5. The van der Waals surface area contributed by atoms with E-state index in [1.807, 2.05) is 11.5 Å². The number of imidazole rings is 1. The Morgan fingerprint density at radius 2 is 1.88 bits per heavy atom. The molecule has 1 atom stereocenters. The molecular formula is C22H26Cl3N7O2. The summed E-state index contributed by atoms with van der Waals surface area (Å²) in [4.78, 5) is 25.5. The Kier molecular flexibility index (Phi) is 7.67. The number of carbonyl (C=O) groups is 1. The van der Waals surface area contributed by atoms with E-state index in [1.54, 1.807) is 18.3 Å². The molecule has 1 amide bonds. The number of hydrogen-bond donors (Lipinski definition) is 4. The van der Waals surface area contributed by atoms with Crippen LogP contribution >= 0.6 is 34.8 Å². The number of benzene rings is 1. The van der Waals surface area contributed by atoms with Crippen LogP contribution < -0.4 is 16.4 Å². The van der Waals surface area contributed by atoms with Gasteiger partial charge in [-0.15, -0.1) is 0 Å². The van der Waals surface area contributed by atoms with Gasteiger partial charge in [-0.1, -0.05) is 41.7 Å². The molecule has 0 unspecified atom stereocenters. The molecule has 0 aliphatic heterocycles. The largest absolute Gasteiger partial charge is 0.394 e. The highest BCUT2D eigenvalue weighted by molar-refractivity contribution is 6.41. The summed E-state index contributed by atoms with van der Waals surface area (Å²) < 4.78 is 2.00. The van der Waals surface area contributed by atoms with Gasteiger partial charge in [-0.2, -0.15) is 4.98 Å². The first-order valence-electron chi connectivity index (χ1n) is 11.1. The SMILES string of the molecule is CC[C@H](CO)Nc1ncc2nc(Nc3c(Cl)cc(Cl)cc3Cl)n([C@H]3CC[C@H](C(N)=O)CC3)c2n1. The highest BCUT2D eigenvalue weighted by Crippen LogP contribution is 2.40. The number of hydrogen-bond acceptors (Lipinski definition) is 7. The molecule has 3 aromatic rings. The van der Waals surface area contributed by atoms with E-state index in [4.69, 9.17) is 50.5 Å². The topological polar surface area (TPSA) is 131 Å². The Balaban J connectivity index is 1.76. The molecule has 4 rings (SSSR count). The summed E-state index contributed by atoms with van der Waals surface area (Å²) in [7, 11) is 0. The van der Waals surface area contributed by atoms with Crippen LogP contribution in [0, 0.1) is 5.92 Å². The van der Waals surface area contributed by atoms with Crippen molar-refractivity contribution in [1.29, 1.82) is 0 Å². The maximum absolute atomic E-state index is 11.7. The molecule has 0 bridgehead atoms. The van der Waals surface area contributed by atoms with Crippen molar-refractivity contribution in [3.63, 3.8) is 0 Å². The van der Waals surface area contributed by atoms with Gasteiger partial charge in [-0.25, -0.2) is 9.97 Å². The van der Waals surface area contributed by atoms with Gasteiger partial charge in [0.05, 0.1) is 34.6 Å². The average Bonchev–Trinajstić information content (AvgIpc) is 3.17. The molecule has 5 N–H and O–H groups in total. The number of nitrogens with zero attached hydrogens (tertiary/aromatic N) is 4. The first kappa shape index (κ1) is 24.8. The lowest BCUT2D eigenvalue weighted by atomic mass is 9.85. The minimum atomic E-state index is -0.268. The molecule has 1 saturated carbocycles. The van der Waals surface area contributed by atoms with E-state index < -0.39 is 0 Å². The second-order valence-corrected chi connectivity index (χ2v) is 9.67. The molecule has 1 aliphatic rings. The number of primary amides is 1. The Labute approximate surface area is 212 Å². The maximum atomic E-state index is 11.7. The van der Waals surface area contributed by atoms with Crippen molar-refractivity contribution >= 4 is 69.5 Å². The Hall–Kier alpha value is -2.33. The van der Waals surface area contributed by atoms with Crippen molar-refractivity contribution in [2.45, 2.75) is 51.1 Å². The highest BCUT2D eigenvalue weighted by atomic mass is 35.5. The van der Waals surface area contributed by atoms with Gasteiger partial charge in [0.25, 0.3) is 0 Å². The summed E-state index contributed by atoms with van der Waals surface area (Å²) in [5.41, 5.74) is 7.22. The highest BCUT2D eigenvalue weighted by Gasteiger charge is 2.29. The molecule has 1 aliphatic carbocycles. The van der Waals surface area contributed by atoms with Crippen LogP contribution in [0.4, 0.5) is 17.6 Å². The van der Waals surface area contributed by atoms with Crippen molar-refractivity contribution in [2.75, 3.05) is 17.2 Å². The van der Waals surface area contributed by atoms with Crippen molar-refractivity contribution < 1.29 is 9.90 Å². The number of aliphatic hydroxyl groups excluding tert-OH is 1. The van der Waals surface area contributed by atoms with E-state index >= 15 is 0 Å². The van der Waals surface area contributed by atoms with Gasteiger partial charge in [0.15, 0.2) is 5.65 Å². The zero-order valence-electron chi connectivity index (χ0n) is 18.6. The molecule has 12 heteroatoms. The second-order valence-electron chi connectivity index (χ2n) is 8.42. The lowest BCUT2D eigenvalue weighted by molar-refractivity contribution is -0.122. The van der Waals surface area contributed by atoms with Gasteiger partial charge >= 0.3 is 0 Å². The molecule has 2 heterocycles. The van der Waals surface area contributed by atoms with Crippen molar-refractivity contribution in [3.05, 3.63) is 33.4 Å². The zero-order valence-corrected chi connectivity index (χ0v) is 20.8. The minimum Gasteiger partial charge on any atom is -0.394 e. The maximum Gasteiger partial charge on any atom is 0.225 e. The predicted octanol–water partition coefficient (Wildman–Crippen LogP) is 4.93. The molecule has 0 spiro atoms. The zero-order chi connectivity index (χ0) is 24.4. The van der Waals surface area contributed by atoms with E-state index in [1.165, 1.54) is 0 Å². The third-order valence-corrected chi connectivity index (χ3v) is 7.00. The summed E-state index contributed by atoms with van der Waals surface area (Å²) in [6, 6.07) is 3.06. The fourth-order valence-electron chi connectivity index (χ4n) is 4.25. The van der Waals surface area contributed by atoms with Crippen LogP contribution in [-0.2, 0) is 4.79 Å². The van der Waals surface area contributed by atoms with E-state index in [-0.39, 0.29) is 30.5 Å². The molecule has 9 nitrogen and oxygen atoms in total. The van der Waals surface area contributed by atoms with Crippen LogP contribution in [0.25, 0.3) is 11.2 Å². The predicted molar refractivity (Wildman–Crippen MR) is 135 cm³/mol. The molecule has 0 radical (unpaired) electrons.